The summed E-state index contributed by atoms with van der Waals surface area (Å²) in [5, 5.41) is 9.32. The maximum Gasteiger partial charge on any atom is 0.103 e. The van der Waals surface area contributed by atoms with Crippen LogP contribution < -0.4 is 9.80 Å². The monoisotopic (exact) mass is 339 g/mol. The van der Waals surface area contributed by atoms with Gasteiger partial charge < -0.3 is 9.80 Å². The zero-order valence-corrected chi connectivity index (χ0v) is 15.3. The van der Waals surface area contributed by atoms with Crippen LogP contribution in [0.4, 0.5) is 17.1 Å². The highest BCUT2D eigenvalue weighted by atomic mass is 15.4. The highest BCUT2D eigenvalue weighted by Gasteiger charge is 2.32. The van der Waals surface area contributed by atoms with E-state index in [1.54, 1.807) is 0 Å². The number of fused-ring (bicyclic) bond motifs is 1. The van der Waals surface area contributed by atoms with E-state index in [-0.39, 0.29) is 6.17 Å². The predicted molar refractivity (Wildman–Crippen MR) is 108 cm³/mol. The molecular weight excluding hydrogens is 318 g/mol. The summed E-state index contributed by atoms with van der Waals surface area (Å²) in [6.07, 6.45) is 0.184. The number of anilines is 3. The van der Waals surface area contributed by atoms with Crippen LogP contribution in [0.5, 0.6) is 0 Å². The molecular formula is C23H21N3. The van der Waals surface area contributed by atoms with Crippen molar-refractivity contribution in [3.05, 3.63) is 77.9 Å². The van der Waals surface area contributed by atoms with E-state index in [2.05, 4.69) is 79.2 Å². The van der Waals surface area contributed by atoms with Crippen molar-refractivity contribution in [2.75, 3.05) is 16.8 Å². The Morgan fingerprint density at radius 1 is 0.846 bits per heavy atom. The van der Waals surface area contributed by atoms with Crippen molar-refractivity contribution < 1.29 is 0 Å². The Morgan fingerprint density at radius 3 is 2.35 bits per heavy atom. The summed E-state index contributed by atoms with van der Waals surface area (Å²) < 4.78 is 0. The molecule has 3 aromatic carbocycles. The maximum atomic E-state index is 9.32. The van der Waals surface area contributed by atoms with Crippen LogP contribution in [-0.2, 0) is 0 Å². The molecule has 3 nitrogen and oxygen atoms in total. The van der Waals surface area contributed by atoms with Gasteiger partial charge in [0, 0.05) is 12.7 Å². The Hall–Kier alpha value is -3.25. The van der Waals surface area contributed by atoms with E-state index in [0.29, 0.717) is 5.56 Å². The summed E-state index contributed by atoms with van der Waals surface area (Å²) in [5.41, 5.74) is 7.74. The number of rotatable bonds is 2. The summed E-state index contributed by atoms with van der Waals surface area (Å²) in [6.45, 7) is 4.34. The summed E-state index contributed by atoms with van der Waals surface area (Å²) in [5.74, 6) is 0. The van der Waals surface area contributed by atoms with Crippen LogP contribution in [0.3, 0.4) is 0 Å². The standard InChI is InChI=1S/C23H21N3/c1-16-9-11-20(19-7-5-4-6-8-19)14-22(16)26-17(2)25(3)21-12-10-18(15-24)13-23(21)26/h4-14,17H,1-3H3/t17-/m0/s1. The van der Waals surface area contributed by atoms with Crippen molar-refractivity contribution in [2.45, 2.75) is 20.0 Å². The molecule has 1 aliphatic heterocycles. The van der Waals surface area contributed by atoms with Gasteiger partial charge in [0.2, 0.25) is 0 Å². The summed E-state index contributed by atoms with van der Waals surface area (Å²) >= 11 is 0. The van der Waals surface area contributed by atoms with Gasteiger partial charge in [-0.1, -0.05) is 42.5 Å². The van der Waals surface area contributed by atoms with Gasteiger partial charge in [-0.3, -0.25) is 0 Å². The van der Waals surface area contributed by atoms with Gasteiger partial charge in [-0.25, -0.2) is 0 Å². The molecule has 0 saturated carbocycles. The number of hydrogen-bond donors (Lipinski definition) is 0. The second kappa shape index (κ2) is 6.24. The van der Waals surface area contributed by atoms with Crippen molar-refractivity contribution in [1.82, 2.24) is 0 Å². The highest BCUT2D eigenvalue weighted by Crippen LogP contribution is 2.45. The fourth-order valence-corrected chi connectivity index (χ4v) is 3.67. The molecule has 0 aromatic heterocycles. The van der Waals surface area contributed by atoms with Crippen molar-refractivity contribution in [3.8, 4) is 17.2 Å². The van der Waals surface area contributed by atoms with Crippen LogP contribution in [0.15, 0.2) is 66.7 Å². The first-order valence-corrected chi connectivity index (χ1v) is 8.82. The van der Waals surface area contributed by atoms with E-state index >= 15 is 0 Å². The van der Waals surface area contributed by atoms with Gasteiger partial charge in [-0.2, -0.15) is 5.26 Å². The molecule has 3 aromatic rings. The summed E-state index contributed by atoms with van der Waals surface area (Å²) in [4.78, 5) is 4.59. The van der Waals surface area contributed by atoms with E-state index < -0.39 is 0 Å². The Kier molecular flexibility index (Phi) is 3.89. The number of benzene rings is 3. The topological polar surface area (TPSA) is 30.3 Å². The molecule has 0 amide bonds. The summed E-state index contributed by atoms with van der Waals surface area (Å²) in [7, 11) is 2.10. The van der Waals surface area contributed by atoms with E-state index in [0.717, 1.165) is 11.4 Å². The molecule has 0 bridgehead atoms. The van der Waals surface area contributed by atoms with Crippen LogP contribution in [0.1, 0.15) is 18.1 Å². The molecule has 26 heavy (non-hydrogen) atoms. The first-order chi connectivity index (χ1) is 12.6. The number of nitriles is 1. The van der Waals surface area contributed by atoms with Crippen LogP contribution >= 0.6 is 0 Å². The summed E-state index contributed by atoms with van der Waals surface area (Å²) in [6, 6.07) is 25.2. The molecule has 1 aliphatic rings. The molecule has 0 unspecified atom stereocenters. The van der Waals surface area contributed by atoms with Crippen molar-refractivity contribution in [1.29, 1.82) is 5.26 Å². The second-order valence-electron chi connectivity index (χ2n) is 6.80. The number of nitrogens with zero attached hydrogens (tertiary/aromatic N) is 3. The molecule has 0 aliphatic carbocycles. The third-order valence-corrected chi connectivity index (χ3v) is 5.25. The van der Waals surface area contributed by atoms with E-state index in [1.165, 1.54) is 22.4 Å². The Balaban J connectivity index is 1.87. The second-order valence-corrected chi connectivity index (χ2v) is 6.80. The van der Waals surface area contributed by atoms with Crippen LogP contribution in [0, 0.1) is 18.3 Å². The lowest BCUT2D eigenvalue weighted by atomic mass is 10.0. The smallest absolute Gasteiger partial charge is 0.103 e. The Bertz CT molecular complexity index is 1000. The van der Waals surface area contributed by atoms with Crippen molar-refractivity contribution in [2.24, 2.45) is 0 Å². The molecule has 0 radical (unpaired) electrons. The van der Waals surface area contributed by atoms with E-state index in [4.69, 9.17) is 0 Å². The van der Waals surface area contributed by atoms with Gasteiger partial charge in [-0.15, -0.1) is 0 Å². The molecule has 1 atom stereocenters. The molecule has 128 valence electrons. The number of hydrogen-bond acceptors (Lipinski definition) is 3. The van der Waals surface area contributed by atoms with Crippen molar-refractivity contribution in [3.63, 3.8) is 0 Å². The molecule has 0 spiro atoms. The zero-order valence-electron chi connectivity index (χ0n) is 15.3. The molecule has 4 rings (SSSR count). The quantitative estimate of drug-likeness (QED) is 0.620. The lowest BCUT2D eigenvalue weighted by Gasteiger charge is -2.29. The fraction of sp³-hybridized carbons (Fsp3) is 0.174. The van der Waals surface area contributed by atoms with Gasteiger partial charge >= 0.3 is 0 Å². The van der Waals surface area contributed by atoms with Gasteiger partial charge in [0.05, 0.1) is 23.0 Å². The predicted octanol–water partition coefficient (Wildman–Crippen LogP) is 5.47. The third-order valence-electron chi connectivity index (χ3n) is 5.25. The first-order valence-electron chi connectivity index (χ1n) is 8.82. The van der Waals surface area contributed by atoms with Crippen LogP contribution in [0.2, 0.25) is 0 Å². The minimum Gasteiger partial charge on any atom is -0.353 e. The van der Waals surface area contributed by atoms with Gasteiger partial charge in [0.15, 0.2) is 0 Å². The number of aryl methyl sites for hydroxylation is 1. The van der Waals surface area contributed by atoms with Gasteiger partial charge in [-0.05, 0) is 54.8 Å². The largest absolute Gasteiger partial charge is 0.353 e. The lowest BCUT2D eigenvalue weighted by Crippen LogP contribution is -2.35. The normalized spacial score (nSPS) is 15.7. The Labute approximate surface area is 154 Å². The molecule has 1 heterocycles. The lowest BCUT2D eigenvalue weighted by molar-refractivity contribution is 0.733. The highest BCUT2D eigenvalue weighted by molar-refractivity contribution is 5.86. The Morgan fingerprint density at radius 2 is 1.62 bits per heavy atom. The average Bonchev–Trinajstić information content (AvgIpc) is 2.93. The fourth-order valence-electron chi connectivity index (χ4n) is 3.67. The zero-order chi connectivity index (χ0) is 18.3. The third kappa shape index (κ3) is 2.51. The SMILES string of the molecule is Cc1ccc(-c2ccccc2)cc1N1c2cc(C#N)ccc2N(C)[C@@H]1C. The minimum atomic E-state index is 0.184. The minimum absolute atomic E-state index is 0.184. The molecule has 3 heteroatoms. The molecule has 0 fully saturated rings. The van der Waals surface area contributed by atoms with Crippen molar-refractivity contribution >= 4 is 17.1 Å². The van der Waals surface area contributed by atoms with Crippen LogP contribution in [0.25, 0.3) is 11.1 Å². The maximum absolute atomic E-state index is 9.32. The van der Waals surface area contributed by atoms with Gasteiger partial charge in [0.25, 0.3) is 0 Å². The van der Waals surface area contributed by atoms with Gasteiger partial charge in [0.1, 0.15) is 6.17 Å². The molecule has 0 saturated heterocycles. The van der Waals surface area contributed by atoms with E-state index in [9.17, 15) is 5.26 Å². The van der Waals surface area contributed by atoms with E-state index in [1.807, 2.05) is 24.3 Å². The molecule has 0 N–H and O–H groups in total. The average molecular weight is 339 g/mol. The van der Waals surface area contributed by atoms with Crippen LogP contribution in [-0.4, -0.2) is 13.2 Å². The first kappa shape index (κ1) is 16.2.